The van der Waals surface area contributed by atoms with Gasteiger partial charge in [-0.15, -0.1) is 0 Å². The zero-order chi connectivity index (χ0) is 6.69. The Balaban J connectivity index is 2.23. The summed E-state index contributed by atoms with van der Waals surface area (Å²) in [6.45, 7) is 0. The number of hydrogen-bond donors (Lipinski definition) is 0. The second-order valence-corrected chi connectivity index (χ2v) is 4.57. The van der Waals surface area contributed by atoms with Gasteiger partial charge < -0.3 is 0 Å². The van der Waals surface area contributed by atoms with E-state index in [4.69, 9.17) is 11.8 Å². The average Bonchev–Trinajstić information content (AvgIpc) is 1.90. The second-order valence-electron chi connectivity index (χ2n) is 2.52. The van der Waals surface area contributed by atoms with Crippen LogP contribution in [0.2, 0.25) is 0 Å². The molecule has 1 saturated carbocycles. The van der Waals surface area contributed by atoms with Crippen LogP contribution in [0.15, 0.2) is 0 Å². The van der Waals surface area contributed by atoms with Crippen LogP contribution in [0.5, 0.6) is 0 Å². The van der Waals surface area contributed by atoms with E-state index in [1.165, 1.54) is 32.1 Å². The molecule has 3 heteroatoms. The van der Waals surface area contributed by atoms with Gasteiger partial charge in [0.05, 0.1) is 0 Å². The summed E-state index contributed by atoms with van der Waals surface area (Å²) < 4.78 is 1.80. The maximum absolute atomic E-state index is 5.78. The Hall–Kier alpha value is 0.938. The first kappa shape index (κ1) is 8.04. The Bertz CT molecular complexity index is 81.1. The van der Waals surface area contributed by atoms with Crippen LogP contribution in [0, 0.1) is 0 Å². The van der Waals surface area contributed by atoms with E-state index in [0.717, 1.165) is 0 Å². The van der Waals surface area contributed by atoms with E-state index in [1.807, 2.05) is 0 Å². The van der Waals surface area contributed by atoms with Gasteiger partial charge in [0, 0.05) is 0 Å². The molecule has 0 spiro atoms. The molecule has 0 aromatic heterocycles. The Morgan fingerprint density at radius 2 is 1.78 bits per heavy atom. The van der Waals surface area contributed by atoms with Gasteiger partial charge in [-0.3, -0.25) is 0 Å². The van der Waals surface area contributed by atoms with E-state index >= 15 is 0 Å². The van der Waals surface area contributed by atoms with E-state index in [1.54, 1.807) is 2.98 Å². The van der Waals surface area contributed by atoms with Crippen molar-refractivity contribution in [3.8, 4) is 0 Å². The van der Waals surface area contributed by atoms with Crippen molar-refractivity contribution in [3.05, 3.63) is 0 Å². The van der Waals surface area contributed by atoms with E-state index in [2.05, 4.69) is 20.1 Å². The summed E-state index contributed by atoms with van der Waals surface area (Å²) in [7, 11) is 0. The van der Waals surface area contributed by atoms with Crippen molar-refractivity contribution in [2.45, 2.75) is 38.1 Å². The number of rotatable bonds is 1. The second kappa shape index (κ2) is 3.95. The molecular weight excluding hydrogens is 317 g/mol. The van der Waals surface area contributed by atoms with Gasteiger partial charge in [-0.2, -0.15) is 0 Å². The summed E-state index contributed by atoms with van der Waals surface area (Å²) in [6.07, 6.45) is 6.69. The van der Waals surface area contributed by atoms with Crippen LogP contribution in [-0.2, 0) is 20.1 Å². The molecule has 1 aliphatic carbocycles. The first-order valence-electron chi connectivity index (χ1n) is 3.39. The van der Waals surface area contributed by atoms with Crippen molar-refractivity contribution in [1.82, 2.24) is 2.98 Å². The standard InChI is InChI=1S/C6H11ClN.Pt/c7-8-6-4-2-1-3-5-6;/h6H,1-5H2;/q-1;+1. The summed E-state index contributed by atoms with van der Waals surface area (Å²) in [5, 5.41) is 0. The van der Waals surface area contributed by atoms with Crippen LogP contribution in [0.1, 0.15) is 32.1 Å². The molecule has 0 aromatic carbocycles. The van der Waals surface area contributed by atoms with E-state index in [9.17, 15) is 0 Å². The molecule has 0 radical (unpaired) electrons. The van der Waals surface area contributed by atoms with Gasteiger partial charge in [0.2, 0.25) is 0 Å². The minimum absolute atomic E-state index is 0.641. The van der Waals surface area contributed by atoms with E-state index < -0.39 is 0 Å². The average molecular weight is 328 g/mol. The molecule has 0 unspecified atom stereocenters. The van der Waals surface area contributed by atoms with Crippen molar-refractivity contribution in [3.63, 3.8) is 0 Å². The normalized spacial score (nSPS) is 23.1. The van der Waals surface area contributed by atoms with Gasteiger partial charge >= 0.3 is 73.0 Å². The van der Waals surface area contributed by atoms with Gasteiger partial charge in [0.15, 0.2) is 0 Å². The Kier molecular flexibility index (Phi) is 3.53. The van der Waals surface area contributed by atoms with E-state index in [-0.39, 0.29) is 0 Å². The molecular formula is C6H11ClNPt. The fourth-order valence-electron chi connectivity index (χ4n) is 1.26. The monoisotopic (exact) mass is 327 g/mol. The fourth-order valence-corrected chi connectivity index (χ4v) is 2.04. The first-order valence-corrected chi connectivity index (χ1v) is 4.74. The fraction of sp³-hybridized carbons (Fsp3) is 1.00. The Labute approximate surface area is 73.1 Å². The number of halogens is 1. The summed E-state index contributed by atoms with van der Waals surface area (Å²) in [6, 6.07) is 0.641. The molecule has 0 bridgehead atoms. The predicted molar refractivity (Wildman–Crippen MR) is 34.6 cm³/mol. The summed E-state index contributed by atoms with van der Waals surface area (Å²) in [5.74, 6) is 0. The molecule has 1 aliphatic rings. The third-order valence-electron chi connectivity index (χ3n) is 1.83. The first-order chi connectivity index (χ1) is 4.30. The van der Waals surface area contributed by atoms with Crippen LogP contribution >= 0.6 is 11.8 Å². The molecule has 1 rings (SSSR count). The van der Waals surface area contributed by atoms with Gasteiger partial charge in [-0.1, -0.05) is 0 Å². The molecule has 0 aliphatic heterocycles. The van der Waals surface area contributed by atoms with Gasteiger partial charge in [0.1, 0.15) is 0 Å². The van der Waals surface area contributed by atoms with Crippen molar-refractivity contribution in [2.75, 3.05) is 0 Å². The number of hydrogen-bond acceptors (Lipinski definition) is 1. The van der Waals surface area contributed by atoms with Crippen molar-refractivity contribution in [2.24, 2.45) is 0 Å². The molecule has 0 amide bonds. The minimum atomic E-state index is 0.641. The molecule has 1 nitrogen and oxygen atoms in total. The van der Waals surface area contributed by atoms with Crippen molar-refractivity contribution in [1.29, 1.82) is 0 Å². The van der Waals surface area contributed by atoms with E-state index in [0.29, 0.717) is 6.04 Å². The molecule has 0 saturated heterocycles. The molecule has 0 aromatic rings. The molecule has 0 N–H and O–H groups in total. The van der Waals surface area contributed by atoms with Crippen LogP contribution in [0.4, 0.5) is 0 Å². The van der Waals surface area contributed by atoms with Crippen LogP contribution in [-0.4, -0.2) is 9.02 Å². The maximum atomic E-state index is 5.78. The number of nitrogens with zero attached hydrogens (tertiary/aromatic N) is 1. The van der Waals surface area contributed by atoms with Crippen molar-refractivity contribution >= 4 is 11.8 Å². The zero-order valence-electron chi connectivity index (χ0n) is 5.25. The summed E-state index contributed by atoms with van der Waals surface area (Å²) in [4.78, 5) is 0. The zero-order valence-corrected chi connectivity index (χ0v) is 8.28. The van der Waals surface area contributed by atoms with Crippen LogP contribution < -0.4 is 0 Å². The van der Waals surface area contributed by atoms with Gasteiger partial charge in [-0.05, 0) is 0 Å². The van der Waals surface area contributed by atoms with Crippen molar-refractivity contribution < 1.29 is 20.1 Å². The Morgan fingerprint density at radius 3 is 2.11 bits per heavy atom. The van der Waals surface area contributed by atoms with Gasteiger partial charge in [-0.25, -0.2) is 0 Å². The quantitative estimate of drug-likeness (QED) is 0.668. The molecule has 9 heavy (non-hydrogen) atoms. The SMILES string of the molecule is Cl[N]([Pt])C1CCCCC1. The van der Waals surface area contributed by atoms with Crippen LogP contribution in [0.3, 0.4) is 0 Å². The molecule has 0 atom stereocenters. The Morgan fingerprint density at radius 1 is 1.22 bits per heavy atom. The van der Waals surface area contributed by atoms with Crippen LogP contribution in [0.25, 0.3) is 0 Å². The van der Waals surface area contributed by atoms with Gasteiger partial charge in [0.25, 0.3) is 0 Å². The molecule has 1 fully saturated rings. The topological polar surface area (TPSA) is 3.24 Å². The molecule has 57 valence electrons. The third kappa shape index (κ3) is 2.57. The third-order valence-corrected chi connectivity index (χ3v) is 2.93. The molecule has 0 heterocycles. The summed E-state index contributed by atoms with van der Waals surface area (Å²) >= 11 is 7.92. The summed E-state index contributed by atoms with van der Waals surface area (Å²) in [5.41, 5.74) is 0. The predicted octanol–water partition coefficient (Wildman–Crippen LogP) is 2.24.